The van der Waals surface area contributed by atoms with Crippen molar-refractivity contribution in [1.29, 1.82) is 0 Å². The molecule has 0 rings (SSSR count). The lowest BCUT2D eigenvalue weighted by Gasteiger charge is -2.27. The molecule has 0 fully saturated rings. The zero-order valence-corrected chi connectivity index (χ0v) is 11.0. The Morgan fingerprint density at radius 2 is 1.89 bits per heavy atom. The van der Waals surface area contributed by atoms with Gasteiger partial charge >= 0.3 is 12.0 Å². The highest BCUT2D eigenvalue weighted by molar-refractivity contribution is 5.86. The molecule has 104 valence electrons. The van der Waals surface area contributed by atoms with Gasteiger partial charge in [0.05, 0.1) is 0 Å². The molecular weight excluding hydrogens is 238 g/mol. The van der Waals surface area contributed by atoms with Crippen molar-refractivity contribution in [3.8, 4) is 0 Å². The van der Waals surface area contributed by atoms with Crippen LogP contribution < -0.4 is 11.1 Å². The molecule has 0 aromatic heterocycles. The maximum atomic E-state index is 11.9. The Labute approximate surface area is 106 Å². The quantitative estimate of drug-likeness (QED) is 0.603. The summed E-state index contributed by atoms with van der Waals surface area (Å²) in [6.45, 7) is 5.03. The molecule has 0 saturated carbocycles. The second-order valence-corrected chi connectivity index (χ2v) is 4.32. The number of primary amides is 1. The molecule has 0 aromatic rings. The van der Waals surface area contributed by atoms with Crippen molar-refractivity contribution in [2.24, 2.45) is 5.73 Å². The van der Waals surface area contributed by atoms with Crippen molar-refractivity contribution in [3.05, 3.63) is 0 Å². The summed E-state index contributed by atoms with van der Waals surface area (Å²) < 4.78 is 0. The average molecular weight is 259 g/mol. The Hall–Kier alpha value is -1.79. The molecule has 0 saturated heterocycles. The zero-order chi connectivity index (χ0) is 14.3. The first kappa shape index (κ1) is 16.2. The number of carboxylic acids is 1. The van der Waals surface area contributed by atoms with E-state index >= 15 is 0 Å². The van der Waals surface area contributed by atoms with Gasteiger partial charge in [-0.1, -0.05) is 13.3 Å². The molecule has 0 bridgehead atoms. The molecule has 1 atom stereocenters. The number of carbonyl (C=O) groups is 3. The van der Waals surface area contributed by atoms with Gasteiger partial charge in [0.1, 0.15) is 12.6 Å². The Morgan fingerprint density at radius 3 is 2.22 bits per heavy atom. The molecular formula is C11H21N3O4. The van der Waals surface area contributed by atoms with Crippen molar-refractivity contribution < 1.29 is 19.5 Å². The summed E-state index contributed by atoms with van der Waals surface area (Å²) in [5.74, 6) is -1.73. The monoisotopic (exact) mass is 259 g/mol. The number of hydrogen-bond acceptors (Lipinski definition) is 3. The average Bonchev–Trinajstić information content (AvgIpc) is 2.24. The van der Waals surface area contributed by atoms with Gasteiger partial charge in [-0.15, -0.1) is 0 Å². The molecule has 0 aliphatic heterocycles. The second-order valence-electron chi connectivity index (χ2n) is 4.32. The van der Waals surface area contributed by atoms with E-state index < -0.39 is 23.9 Å². The summed E-state index contributed by atoms with van der Waals surface area (Å²) in [5.41, 5.74) is 5.04. The Bertz CT molecular complexity index is 317. The standard InChI is InChI=1S/C11H21N3O4/c1-4-5-8(10(16)17)13-11(18)14(7(2)3)6-9(12)15/h7-8H,4-6H2,1-3H3,(H2,12,15)(H,13,18)(H,16,17)/t8-/m1/s1. The summed E-state index contributed by atoms with van der Waals surface area (Å²) in [5, 5.41) is 11.3. The summed E-state index contributed by atoms with van der Waals surface area (Å²) in [4.78, 5) is 34.8. The summed E-state index contributed by atoms with van der Waals surface area (Å²) in [7, 11) is 0. The first-order valence-electron chi connectivity index (χ1n) is 5.87. The van der Waals surface area contributed by atoms with Crippen LogP contribution in [-0.2, 0) is 9.59 Å². The fourth-order valence-electron chi connectivity index (χ4n) is 1.43. The Kier molecular flexibility index (Phi) is 6.77. The number of nitrogens with zero attached hydrogens (tertiary/aromatic N) is 1. The van der Waals surface area contributed by atoms with Gasteiger partial charge in [-0.3, -0.25) is 4.79 Å². The third kappa shape index (κ3) is 5.51. The van der Waals surface area contributed by atoms with Gasteiger partial charge in [0.2, 0.25) is 5.91 Å². The van der Waals surface area contributed by atoms with E-state index in [0.29, 0.717) is 12.8 Å². The highest BCUT2D eigenvalue weighted by Gasteiger charge is 2.24. The number of rotatable bonds is 7. The van der Waals surface area contributed by atoms with Crippen LogP contribution in [0.5, 0.6) is 0 Å². The molecule has 0 spiro atoms. The van der Waals surface area contributed by atoms with Crippen LogP contribution in [0.3, 0.4) is 0 Å². The molecule has 7 nitrogen and oxygen atoms in total. The van der Waals surface area contributed by atoms with E-state index in [-0.39, 0.29) is 12.6 Å². The first-order valence-corrected chi connectivity index (χ1v) is 5.87. The minimum Gasteiger partial charge on any atom is -0.480 e. The van der Waals surface area contributed by atoms with Crippen molar-refractivity contribution in [1.82, 2.24) is 10.2 Å². The van der Waals surface area contributed by atoms with Crippen molar-refractivity contribution in [3.63, 3.8) is 0 Å². The number of carbonyl (C=O) groups excluding carboxylic acids is 2. The summed E-state index contributed by atoms with van der Waals surface area (Å²) >= 11 is 0. The van der Waals surface area contributed by atoms with Crippen LogP contribution in [0, 0.1) is 0 Å². The lowest BCUT2D eigenvalue weighted by atomic mass is 10.2. The number of nitrogens with one attached hydrogen (secondary N) is 1. The van der Waals surface area contributed by atoms with Gasteiger partial charge in [0.25, 0.3) is 0 Å². The first-order chi connectivity index (χ1) is 8.29. The lowest BCUT2D eigenvalue weighted by Crippen LogP contribution is -2.52. The van der Waals surface area contributed by atoms with Crippen LogP contribution in [-0.4, -0.2) is 46.5 Å². The fraction of sp³-hybridized carbons (Fsp3) is 0.727. The van der Waals surface area contributed by atoms with Crippen LogP contribution in [0.4, 0.5) is 4.79 Å². The van der Waals surface area contributed by atoms with Crippen LogP contribution in [0.2, 0.25) is 0 Å². The van der Waals surface area contributed by atoms with Crippen molar-refractivity contribution >= 4 is 17.9 Å². The second kappa shape index (κ2) is 7.52. The largest absolute Gasteiger partial charge is 0.480 e. The smallest absolute Gasteiger partial charge is 0.326 e. The van der Waals surface area contributed by atoms with Crippen molar-refractivity contribution in [2.45, 2.75) is 45.7 Å². The van der Waals surface area contributed by atoms with Crippen molar-refractivity contribution in [2.75, 3.05) is 6.54 Å². The molecule has 0 aromatic carbocycles. The summed E-state index contributed by atoms with van der Waals surface area (Å²) in [6, 6.07) is -1.78. The minimum absolute atomic E-state index is 0.234. The third-order valence-electron chi connectivity index (χ3n) is 2.38. The number of hydrogen-bond donors (Lipinski definition) is 3. The SMILES string of the molecule is CCC[C@@H](NC(=O)N(CC(N)=O)C(C)C)C(=O)O. The van der Waals surface area contributed by atoms with E-state index in [1.54, 1.807) is 13.8 Å². The topological polar surface area (TPSA) is 113 Å². The lowest BCUT2D eigenvalue weighted by molar-refractivity contribution is -0.139. The highest BCUT2D eigenvalue weighted by Crippen LogP contribution is 2.02. The van der Waals surface area contributed by atoms with Gasteiger partial charge in [0.15, 0.2) is 0 Å². The Morgan fingerprint density at radius 1 is 1.33 bits per heavy atom. The number of nitrogens with two attached hydrogens (primary N) is 1. The number of carboxylic acid groups (broad SMARTS) is 1. The van der Waals surface area contributed by atoms with Gasteiger partial charge in [-0.25, -0.2) is 9.59 Å². The van der Waals surface area contributed by atoms with Gasteiger partial charge in [-0.2, -0.15) is 0 Å². The number of aliphatic carboxylic acids is 1. The molecule has 0 radical (unpaired) electrons. The number of amides is 3. The molecule has 18 heavy (non-hydrogen) atoms. The highest BCUT2D eigenvalue weighted by atomic mass is 16.4. The molecule has 3 amide bonds. The van der Waals surface area contributed by atoms with Crippen LogP contribution in [0.25, 0.3) is 0 Å². The molecule has 0 unspecified atom stereocenters. The van der Waals surface area contributed by atoms with E-state index in [4.69, 9.17) is 10.8 Å². The zero-order valence-electron chi connectivity index (χ0n) is 11.0. The van der Waals surface area contributed by atoms with E-state index in [2.05, 4.69) is 5.32 Å². The predicted octanol–water partition coefficient (Wildman–Crippen LogP) is 0.145. The molecule has 0 aliphatic carbocycles. The van der Waals surface area contributed by atoms with E-state index in [0.717, 1.165) is 0 Å². The van der Waals surface area contributed by atoms with Gasteiger partial charge < -0.3 is 21.1 Å². The van der Waals surface area contributed by atoms with Crippen LogP contribution in [0.1, 0.15) is 33.6 Å². The van der Waals surface area contributed by atoms with E-state index in [1.807, 2.05) is 6.92 Å². The molecule has 0 heterocycles. The normalized spacial score (nSPS) is 12.0. The number of urea groups is 1. The summed E-state index contributed by atoms with van der Waals surface area (Å²) in [6.07, 6.45) is 0.971. The van der Waals surface area contributed by atoms with Crippen LogP contribution >= 0.6 is 0 Å². The maximum absolute atomic E-state index is 11.9. The minimum atomic E-state index is -1.09. The third-order valence-corrected chi connectivity index (χ3v) is 2.38. The molecule has 4 N–H and O–H groups in total. The van der Waals surface area contributed by atoms with Gasteiger partial charge in [0, 0.05) is 6.04 Å². The predicted molar refractivity (Wildman–Crippen MR) is 65.9 cm³/mol. The van der Waals surface area contributed by atoms with Crippen LogP contribution in [0.15, 0.2) is 0 Å². The van der Waals surface area contributed by atoms with E-state index in [9.17, 15) is 14.4 Å². The molecule has 0 aliphatic rings. The van der Waals surface area contributed by atoms with Gasteiger partial charge in [-0.05, 0) is 20.3 Å². The Balaban J connectivity index is 4.66. The van der Waals surface area contributed by atoms with E-state index in [1.165, 1.54) is 4.90 Å². The molecule has 7 heteroatoms. The maximum Gasteiger partial charge on any atom is 0.326 e. The fourth-order valence-corrected chi connectivity index (χ4v) is 1.43.